The molecular formula is C42H48F3N11O8. The van der Waals surface area contributed by atoms with Crippen molar-refractivity contribution in [2.24, 2.45) is 24.4 Å². The molecule has 1 aromatic carbocycles. The Morgan fingerprint density at radius 1 is 1.02 bits per heavy atom. The lowest BCUT2D eigenvalue weighted by Gasteiger charge is -2.30. The van der Waals surface area contributed by atoms with Crippen molar-refractivity contribution in [1.82, 2.24) is 39.1 Å². The quantitative estimate of drug-likeness (QED) is 0.0771. The number of primary amides is 2. The first kappa shape index (κ1) is 45.2. The lowest BCUT2D eigenvalue weighted by Crippen LogP contribution is -2.44. The van der Waals surface area contributed by atoms with E-state index in [1.165, 1.54) is 33.7 Å². The van der Waals surface area contributed by atoms with Crippen molar-refractivity contribution in [3.05, 3.63) is 70.2 Å². The Bertz CT molecular complexity index is 2640. The number of imide groups is 1. The summed E-state index contributed by atoms with van der Waals surface area (Å²) in [6.07, 6.45) is 2.79. The Kier molecular flexibility index (Phi) is 13.3. The summed E-state index contributed by atoms with van der Waals surface area (Å²) in [7, 11) is 3.43. The third kappa shape index (κ3) is 9.85. The Balaban J connectivity index is 0.895. The fraction of sp³-hybridized carbons (Fsp3) is 0.452. The third-order valence-corrected chi connectivity index (χ3v) is 11.6. The van der Waals surface area contributed by atoms with Crippen molar-refractivity contribution in [2.45, 2.75) is 76.0 Å². The minimum atomic E-state index is -4.49. The number of hydrogen-bond acceptors (Lipinski definition) is 12. The molecule has 1 aliphatic carbocycles. The number of para-hydroxylation sites is 1. The van der Waals surface area contributed by atoms with Gasteiger partial charge in [0.05, 0.1) is 22.6 Å². The number of carbonyl (C=O) groups is 5. The van der Waals surface area contributed by atoms with E-state index in [-0.39, 0.29) is 82.3 Å². The number of ether oxygens (including phenoxy) is 1. The van der Waals surface area contributed by atoms with Crippen molar-refractivity contribution in [2.75, 3.05) is 38.7 Å². The summed E-state index contributed by atoms with van der Waals surface area (Å²) < 4.78 is 54.7. The second-order valence-corrected chi connectivity index (χ2v) is 16.0. The van der Waals surface area contributed by atoms with Gasteiger partial charge in [-0.3, -0.25) is 43.1 Å². The molecule has 19 nitrogen and oxygen atoms in total. The molecule has 1 saturated carbocycles. The highest BCUT2D eigenvalue weighted by atomic mass is 19.4. The minimum Gasteiger partial charge on any atom is -0.435 e. The van der Waals surface area contributed by atoms with Gasteiger partial charge in [-0.05, 0) is 75.1 Å². The number of imidazole rings is 1. The zero-order chi connectivity index (χ0) is 45.9. The molecule has 1 aliphatic heterocycles. The van der Waals surface area contributed by atoms with Crippen molar-refractivity contribution >= 4 is 46.4 Å². The minimum absolute atomic E-state index is 0.00791. The van der Waals surface area contributed by atoms with Crippen LogP contribution in [0.1, 0.15) is 90.0 Å². The SMILES string of the molecule is CN(CCCOCCCc1cccc2c1n(C)c(=O)n2C1CCC(=O)NC1=O)C(=O)C1CCC(n2cc(-c3oc(-c4ccnc(NCC(F)(F)F)c4)nc3C(N)=O)c(C(N)=O)n2)CC1. The third-order valence-electron chi connectivity index (χ3n) is 11.6. The standard InChI is InChI=1S/C42H48F3N11O8/c1-53(17-5-19-63-18-4-7-23-6-3-8-28-34(23)54(2)41(62)56(28)29-13-14-31(57)50-38(29)60)40(61)24-9-11-26(12-10-24)55-21-27(32(52-55)36(46)58)35-33(37(47)59)51-39(64-35)25-15-16-48-30(20-25)49-22-42(43,44)45/h3,6,8,15-16,20-21,24,26,29H,4-5,7,9-14,17-19,22H2,1-2H3,(H2,46,58)(H2,47,59)(H,48,49)(H,50,57,60). The summed E-state index contributed by atoms with van der Waals surface area (Å²) in [5.41, 5.74) is 13.0. The summed E-state index contributed by atoms with van der Waals surface area (Å²) >= 11 is 0. The van der Waals surface area contributed by atoms with Gasteiger partial charge in [-0.15, -0.1) is 0 Å². The fourth-order valence-electron chi connectivity index (χ4n) is 8.40. The zero-order valence-electron chi connectivity index (χ0n) is 35.2. The molecule has 0 spiro atoms. The van der Waals surface area contributed by atoms with Crippen molar-refractivity contribution in [3.63, 3.8) is 0 Å². The molecule has 22 heteroatoms. The van der Waals surface area contributed by atoms with Gasteiger partial charge in [0.15, 0.2) is 17.1 Å². The lowest BCUT2D eigenvalue weighted by atomic mass is 9.85. The molecule has 1 saturated heterocycles. The summed E-state index contributed by atoms with van der Waals surface area (Å²) in [5, 5.41) is 8.91. The normalized spacial score (nSPS) is 18.0. The molecule has 0 bridgehead atoms. The number of aromatic nitrogens is 6. The number of aryl methyl sites for hydroxylation is 2. The number of oxazole rings is 1. The lowest BCUT2D eigenvalue weighted by molar-refractivity contribution is -0.136. The number of nitrogens with zero attached hydrogens (tertiary/aromatic N) is 7. The maximum Gasteiger partial charge on any atom is 0.405 e. The largest absolute Gasteiger partial charge is 0.435 e. The molecular weight excluding hydrogens is 844 g/mol. The molecule has 340 valence electrons. The summed E-state index contributed by atoms with van der Waals surface area (Å²) in [6.45, 7) is 0.0620. The molecule has 64 heavy (non-hydrogen) atoms. The number of hydrogen-bond donors (Lipinski definition) is 4. The summed E-state index contributed by atoms with van der Waals surface area (Å²) in [6, 6.07) is 7.29. The Morgan fingerprint density at radius 3 is 2.45 bits per heavy atom. The second kappa shape index (κ2) is 18.9. The van der Waals surface area contributed by atoms with Gasteiger partial charge >= 0.3 is 11.9 Å². The van der Waals surface area contributed by atoms with E-state index in [2.05, 4.69) is 25.7 Å². The molecule has 5 heterocycles. The van der Waals surface area contributed by atoms with Crippen LogP contribution in [0.3, 0.4) is 0 Å². The van der Waals surface area contributed by atoms with E-state index in [0.717, 1.165) is 11.1 Å². The number of anilines is 1. The van der Waals surface area contributed by atoms with Gasteiger partial charge in [-0.2, -0.15) is 18.3 Å². The first-order chi connectivity index (χ1) is 30.5. The number of pyridine rings is 1. The Morgan fingerprint density at radius 2 is 1.75 bits per heavy atom. The van der Waals surface area contributed by atoms with E-state index in [4.69, 9.17) is 20.6 Å². The van der Waals surface area contributed by atoms with E-state index < -0.39 is 36.5 Å². The van der Waals surface area contributed by atoms with E-state index in [0.29, 0.717) is 70.2 Å². The number of fused-ring (bicyclic) bond motifs is 1. The van der Waals surface area contributed by atoms with Gasteiger partial charge in [-0.1, -0.05) is 12.1 Å². The van der Waals surface area contributed by atoms with Gasteiger partial charge in [0.2, 0.25) is 23.6 Å². The predicted octanol–water partition coefficient (Wildman–Crippen LogP) is 3.63. The first-order valence-electron chi connectivity index (χ1n) is 20.8. The maximum absolute atomic E-state index is 13.4. The van der Waals surface area contributed by atoms with Crippen LogP contribution < -0.4 is 27.8 Å². The summed E-state index contributed by atoms with van der Waals surface area (Å²) in [5.74, 6) is -3.43. The number of piperidine rings is 1. The predicted molar refractivity (Wildman–Crippen MR) is 224 cm³/mol. The highest BCUT2D eigenvalue weighted by Crippen LogP contribution is 2.37. The smallest absolute Gasteiger partial charge is 0.405 e. The van der Waals surface area contributed by atoms with E-state index in [1.54, 1.807) is 29.7 Å². The van der Waals surface area contributed by atoms with Crippen LogP contribution in [0.4, 0.5) is 19.0 Å². The first-order valence-corrected chi connectivity index (χ1v) is 20.8. The maximum atomic E-state index is 13.4. The van der Waals surface area contributed by atoms with Crippen LogP contribution in [0.25, 0.3) is 33.8 Å². The average molecular weight is 892 g/mol. The topological polar surface area (TPSA) is 258 Å². The van der Waals surface area contributed by atoms with Crippen molar-refractivity contribution in [3.8, 4) is 22.8 Å². The number of nitrogens with one attached hydrogen (secondary N) is 2. The molecule has 5 aromatic rings. The molecule has 2 fully saturated rings. The molecule has 7 rings (SSSR count). The highest BCUT2D eigenvalue weighted by Gasteiger charge is 2.34. The molecule has 1 atom stereocenters. The second-order valence-electron chi connectivity index (χ2n) is 16.0. The van der Waals surface area contributed by atoms with Crippen molar-refractivity contribution in [1.29, 1.82) is 0 Å². The van der Waals surface area contributed by atoms with Crippen LogP contribution in [-0.2, 0) is 32.6 Å². The number of amides is 5. The molecule has 1 unspecified atom stereocenters. The average Bonchev–Trinajstić information content (AvgIpc) is 3.98. The number of carbonyl (C=O) groups excluding carboxylic acids is 5. The van der Waals surface area contributed by atoms with Crippen LogP contribution in [0.15, 0.2) is 51.9 Å². The van der Waals surface area contributed by atoms with Gasteiger partial charge in [0, 0.05) is 64.1 Å². The van der Waals surface area contributed by atoms with Gasteiger partial charge in [-0.25, -0.2) is 14.8 Å². The molecule has 4 aromatic heterocycles. The Hall–Kier alpha value is -6.84. The van der Waals surface area contributed by atoms with Gasteiger partial charge < -0.3 is 30.8 Å². The molecule has 5 amide bonds. The highest BCUT2D eigenvalue weighted by molar-refractivity contribution is 6.02. The van der Waals surface area contributed by atoms with Crippen LogP contribution in [0, 0.1) is 5.92 Å². The summed E-state index contributed by atoms with van der Waals surface area (Å²) in [4.78, 5) is 85.7. The van der Waals surface area contributed by atoms with Crippen LogP contribution >= 0.6 is 0 Å². The molecule has 2 aliphatic rings. The van der Waals surface area contributed by atoms with E-state index in [1.807, 2.05) is 12.1 Å². The van der Waals surface area contributed by atoms with Crippen LogP contribution in [0.2, 0.25) is 0 Å². The van der Waals surface area contributed by atoms with E-state index >= 15 is 0 Å². The van der Waals surface area contributed by atoms with Crippen LogP contribution in [0.5, 0.6) is 0 Å². The van der Waals surface area contributed by atoms with Crippen LogP contribution in [-0.4, -0.2) is 103 Å². The molecule has 0 radical (unpaired) electrons. The van der Waals surface area contributed by atoms with Gasteiger partial charge in [0.25, 0.3) is 11.8 Å². The van der Waals surface area contributed by atoms with Crippen molar-refractivity contribution < 1.29 is 46.3 Å². The van der Waals surface area contributed by atoms with E-state index in [9.17, 15) is 41.9 Å². The number of nitrogens with two attached hydrogens (primary N) is 2. The Labute approximate surface area is 363 Å². The fourth-order valence-corrected chi connectivity index (χ4v) is 8.40. The van der Waals surface area contributed by atoms with Gasteiger partial charge in [0.1, 0.15) is 18.4 Å². The number of alkyl halides is 3. The number of halogens is 3. The zero-order valence-corrected chi connectivity index (χ0v) is 35.2. The molecule has 6 N–H and O–H groups in total. The number of benzene rings is 1. The monoisotopic (exact) mass is 891 g/mol. The number of rotatable bonds is 17.